The maximum absolute atomic E-state index is 13.1. The van der Waals surface area contributed by atoms with Crippen LogP contribution < -0.4 is 10.1 Å². The number of hydrogen-bond donors (Lipinski definition) is 1. The van der Waals surface area contributed by atoms with Gasteiger partial charge in [-0.25, -0.2) is 17.1 Å². The van der Waals surface area contributed by atoms with Crippen LogP contribution in [0.3, 0.4) is 0 Å². The molecule has 1 aromatic carbocycles. The van der Waals surface area contributed by atoms with E-state index in [-0.39, 0.29) is 11.7 Å². The third-order valence-electron chi connectivity index (χ3n) is 3.70. The van der Waals surface area contributed by atoms with Crippen molar-refractivity contribution >= 4 is 15.7 Å². The Kier molecular flexibility index (Phi) is 5.05. The minimum atomic E-state index is -3.13. The molecule has 0 bridgehead atoms. The first-order valence-electron chi connectivity index (χ1n) is 6.92. The van der Waals surface area contributed by atoms with Crippen molar-refractivity contribution in [3.8, 4) is 5.75 Å². The fourth-order valence-electron chi connectivity index (χ4n) is 2.56. The second-order valence-corrected chi connectivity index (χ2v) is 7.34. The van der Waals surface area contributed by atoms with Gasteiger partial charge >= 0.3 is 0 Å². The number of rotatable bonds is 5. The molecule has 1 saturated heterocycles. The van der Waals surface area contributed by atoms with Gasteiger partial charge in [0.05, 0.1) is 19.1 Å². The van der Waals surface area contributed by atoms with Gasteiger partial charge in [-0.15, -0.1) is 0 Å². The summed E-state index contributed by atoms with van der Waals surface area (Å²) in [5.41, 5.74) is 0.718. The zero-order valence-corrected chi connectivity index (χ0v) is 13.1. The van der Waals surface area contributed by atoms with Gasteiger partial charge in [-0.3, -0.25) is 0 Å². The van der Waals surface area contributed by atoms with Crippen molar-refractivity contribution < 1.29 is 17.5 Å². The Hall–Kier alpha value is -1.34. The zero-order chi connectivity index (χ0) is 15.5. The first-order valence-corrected chi connectivity index (χ1v) is 8.77. The Morgan fingerprint density at radius 2 is 2.24 bits per heavy atom. The summed E-state index contributed by atoms with van der Waals surface area (Å²) in [5, 5.41) is 3.22. The number of nitrogens with zero attached hydrogens (tertiary/aromatic N) is 1. The summed E-state index contributed by atoms with van der Waals surface area (Å²) in [7, 11) is -1.64. The number of anilines is 1. The molecule has 7 heteroatoms. The van der Waals surface area contributed by atoms with Gasteiger partial charge in [0.15, 0.2) is 0 Å². The van der Waals surface area contributed by atoms with Crippen molar-refractivity contribution in [1.29, 1.82) is 0 Å². The predicted octanol–water partition coefficient (Wildman–Crippen LogP) is 1.92. The molecular weight excluding hydrogens is 295 g/mol. The fraction of sp³-hybridized carbons (Fsp3) is 0.571. The molecular formula is C14H21FN2O3S. The minimum absolute atomic E-state index is 0.239. The second-order valence-electron chi connectivity index (χ2n) is 5.35. The van der Waals surface area contributed by atoms with Crippen LogP contribution in [0.2, 0.25) is 0 Å². The van der Waals surface area contributed by atoms with Crippen molar-refractivity contribution in [2.45, 2.75) is 12.8 Å². The number of ether oxygens (including phenoxy) is 1. The number of sulfonamides is 1. The molecule has 21 heavy (non-hydrogen) atoms. The van der Waals surface area contributed by atoms with Crippen LogP contribution in [0.25, 0.3) is 0 Å². The van der Waals surface area contributed by atoms with Crippen LogP contribution in [0.1, 0.15) is 12.8 Å². The van der Waals surface area contributed by atoms with E-state index >= 15 is 0 Å². The zero-order valence-electron chi connectivity index (χ0n) is 12.3. The lowest BCUT2D eigenvalue weighted by molar-refractivity contribution is 0.276. The first-order chi connectivity index (χ1) is 9.90. The predicted molar refractivity (Wildman–Crippen MR) is 80.6 cm³/mol. The fourth-order valence-corrected chi connectivity index (χ4v) is 3.50. The number of nitrogens with one attached hydrogen (secondary N) is 1. The van der Waals surface area contributed by atoms with Crippen molar-refractivity contribution in [2.24, 2.45) is 5.92 Å². The molecule has 2 rings (SSSR count). The Morgan fingerprint density at radius 3 is 2.90 bits per heavy atom. The van der Waals surface area contributed by atoms with Gasteiger partial charge in [0, 0.05) is 25.7 Å². The van der Waals surface area contributed by atoms with Crippen LogP contribution in [0.5, 0.6) is 5.75 Å². The van der Waals surface area contributed by atoms with Crippen molar-refractivity contribution in [3.63, 3.8) is 0 Å². The van der Waals surface area contributed by atoms with Crippen LogP contribution in [-0.2, 0) is 10.0 Å². The molecule has 1 aromatic rings. The Morgan fingerprint density at radius 1 is 1.48 bits per heavy atom. The minimum Gasteiger partial charge on any atom is -0.494 e. The highest BCUT2D eigenvalue weighted by molar-refractivity contribution is 7.88. The summed E-state index contributed by atoms with van der Waals surface area (Å²) < 4.78 is 43.0. The van der Waals surface area contributed by atoms with Crippen molar-refractivity contribution in [3.05, 3.63) is 24.0 Å². The molecule has 1 heterocycles. The lowest BCUT2D eigenvalue weighted by atomic mass is 9.99. The van der Waals surface area contributed by atoms with Gasteiger partial charge < -0.3 is 10.1 Å². The van der Waals surface area contributed by atoms with Crippen LogP contribution in [-0.4, -0.2) is 45.7 Å². The average Bonchev–Trinajstić information content (AvgIpc) is 2.45. The smallest absolute Gasteiger partial charge is 0.211 e. The molecule has 1 N–H and O–H groups in total. The molecule has 1 aliphatic rings. The van der Waals surface area contributed by atoms with E-state index in [0.717, 1.165) is 18.5 Å². The van der Waals surface area contributed by atoms with Crippen molar-refractivity contribution in [2.75, 3.05) is 38.3 Å². The lowest BCUT2D eigenvalue weighted by Crippen LogP contribution is -2.41. The molecule has 118 valence electrons. The monoisotopic (exact) mass is 316 g/mol. The van der Waals surface area contributed by atoms with Crippen LogP contribution >= 0.6 is 0 Å². The highest BCUT2D eigenvalue weighted by Crippen LogP contribution is 2.26. The summed E-state index contributed by atoms with van der Waals surface area (Å²) >= 11 is 0. The van der Waals surface area contributed by atoms with Gasteiger partial charge in [0.25, 0.3) is 0 Å². The summed E-state index contributed by atoms with van der Waals surface area (Å²) in [6, 6.07) is 4.33. The molecule has 0 aromatic heterocycles. The summed E-state index contributed by atoms with van der Waals surface area (Å²) in [4.78, 5) is 0. The molecule has 0 amide bonds. The number of benzene rings is 1. The van der Waals surface area contributed by atoms with E-state index < -0.39 is 10.0 Å². The third-order valence-corrected chi connectivity index (χ3v) is 4.97. The van der Waals surface area contributed by atoms with Crippen LogP contribution in [0.15, 0.2) is 18.2 Å². The lowest BCUT2D eigenvalue weighted by Gasteiger charge is -2.31. The van der Waals surface area contributed by atoms with Gasteiger partial charge in [0.2, 0.25) is 10.0 Å². The van der Waals surface area contributed by atoms with Crippen LogP contribution in [0.4, 0.5) is 10.1 Å². The number of halogens is 1. The average molecular weight is 316 g/mol. The Bertz CT molecular complexity index is 592. The molecule has 1 aliphatic heterocycles. The number of methoxy groups -OCH3 is 1. The highest BCUT2D eigenvalue weighted by Gasteiger charge is 2.25. The molecule has 0 spiro atoms. The second kappa shape index (κ2) is 6.62. The van der Waals surface area contributed by atoms with E-state index in [4.69, 9.17) is 4.74 Å². The van der Waals surface area contributed by atoms with E-state index in [1.54, 1.807) is 6.07 Å². The first kappa shape index (κ1) is 16.0. The maximum Gasteiger partial charge on any atom is 0.211 e. The molecule has 0 aliphatic carbocycles. The number of hydrogen-bond acceptors (Lipinski definition) is 4. The molecule has 1 atom stereocenters. The summed E-state index contributed by atoms with van der Waals surface area (Å²) in [6.07, 6.45) is 3.08. The highest BCUT2D eigenvalue weighted by atomic mass is 32.2. The van der Waals surface area contributed by atoms with E-state index in [1.165, 1.54) is 29.8 Å². The van der Waals surface area contributed by atoms with E-state index in [9.17, 15) is 12.8 Å². The Balaban J connectivity index is 1.97. The normalized spacial score (nSPS) is 20.2. The molecule has 1 fully saturated rings. The Labute approximate surface area is 125 Å². The maximum atomic E-state index is 13.1. The molecule has 0 saturated carbocycles. The van der Waals surface area contributed by atoms with E-state index in [2.05, 4.69) is 5.32 Å². The van der Waals surface area contributed by atoms with E-state index in [1.807, 2.05) is 0 Å². The largest absolute Gasteiger partial charge is 0.494 e. The standard InChI is InChI=1S/C14H21FN2O3S/c1-20-14-8-12(15)5-6-13(14)16-9-11-4-3-7-17(10-11)21(2,18)19/h5-6,8,11,16H,3-4,7,9-10H2,1-2H3. The molecule has 0 radical (unpaired) electrons. The van der Waals surface area contributed by atoms with E-state index in [0.29, 0.717) is 25.4 Å². The third kappa shape index (κ3) is 4.31. The van der Waals surface area contributed by atoms with Gasteiger partial charge in [-0.1, -0.05) is 0 Å². The number of piperidine rings is 1. The quantitative estimate of drug-likeness (QED) is 0.901. The molecule has 5 nitrogen and oxygen atoms in total. The summed E-state index contributed by atoms with van der Waals surface area (Å²) in [6.45, 7) is 1.75. The van der Waals surface area contributed by atoms with Gasteiger partial charge in [-0.05, 0) is 30.9 Å². The summed E-state index contributed by atoms with van der Waals surface area (Å²) in [5.74, 6) is 0.340. The van der Waals surface area contributed by atoms with Gasteiger partial charge in [0.1, 0.15) is 11.6 Å². The van der Waals surface area contributed by atoms with Crippen molar-refractivity contribution in [1.82, 2.24) is 4.31 Å². The van der Waals surface area contributed by atoms with Crippen LogP contribution in [0, 0.1) is 11.7 Å². The van der Waals surface area contributed by atoms with Gasteiger partial charge in [-0.2, -0.15) is 0 Å². The topological polar surface area (TPSA) is 58.6 Å². The SMILES string of the molecule is COc1cc(F)ccc1NCC1CCCN(S(C)(=O)=O)C1. The molecule has 1 unspecified atom stereocenters.